The molecule has 12 heteroatoms. The lowest BCUT2D eigenvalue weighted by atomic mass is 10.1. The van der Waals surface area contributed by atoms with Gasteiger partial charge in [-0.05, 0) is 31.2 Å². The van der Waals surface area contributed by atoms with Crippen LogP contribution < -0.4 is 20.7 Å². The second-order valence-electron chi connectivity index (χ2n) is 6.20. The molecule has 2 rings (SSSR count). The number of ether oxygens (including phenoxy) is 1. The molecule has 0 aromatic heterocycles. The molecule has 0 aliphatic rings. The molecule has 0 unspecified atom stereocenters. The van der Waals surface area contributed by atoms with Crippen LogP contribution in [0.25, 0.3) is 0 Å². The summed E-state index contributed by atoms with van der Waals surface area (Å²) >= 11 is 0. The van der Waals surface area contributed by atoms with Crippen molar-refractivity contribution in [2.75, 3.05) is 23.7 Å². The standard InChI is InChI=1S/C19H17F6N3O3/c1-10-12(20)6-11(17(30)27-9-19(23,24)25)7-14(10)26-8-16(29)28-13-4-2-3-5-15(13)31-18(21)22/h2-7,18,26H,8-9H2,1H3,(H,27,30)(H,28,29). The summed E-state index contributed by atoms with van der Waals surface area (Å²) in [6.45, 7) is -3.82. The quantitative estimate of drug-likeness (QED) is 0.531. The molecule has 2 amide bonds. The van der Waals surface area contributed by atoms with Crippen molar-refractivity contribution < 1.29 is 40.7 Å². The van der Waals surface area contributed by atoms with Gasteiger partial charge in [-0.2, -0.15) is 22.0 Å². The number of halogens is 6. The molecule has 0 fully saturated rings. The first-order chi connectivity index (χ1) is 14.5. The van der Waals surface area contributed by atoms with Crippen molar-refractivity contribution in [3.63, 3.8) is 0 Å². The van der Waals surface area contributed by atoms with Crippen molar-refractivity contribution in [1.29, 1.82) is 0 Å². The van der Waals surface area contributed by atoms with Gasteiger partial charge in [0.1, 0.15) is 18.1 Å². The van der Waals surface area contributed by atoms with Crippen molar-refractivity contribution in [1.82, 2.24) is 5.32 Å². The summed E-state index contributed by atoms with van der Waals surface area (Å²) < 4.78 is 80.0. The summed E-state index contributed by atoms with van der Waals surface area (Å²) in [4.78, 5) is 24.0. The number of carbonyl (C=O) groups is 2. The molecule has 2 aromatic rings. The van der Waals surface area contributed by atoms with Gasteiger partial charge in [0.05, 0.1) is 12.2 Å². The Bertz CT molecular complexity index is 950. The number of para-hydroxylation sites is 2. The first-order valence-electron chi connectivity index (χ1n) is 8.69. The molecule has 0 saturated carbocycles. The molecule has 0 aliphatic carbocycles. The van der Waals surface area contributed by atoms with Crippen molar-refractivity contribution in [3.8, 4) is 5.75 Å². The van der Waals surface area contributed by atoms with E-state index in [2.05, 4.69) is 15.4 Å². The van der Waals surface area contributed by atoms with Gasteiger partial charge in [0.15, 0.2) is 0 Å². The van der Waals surface area contributed by atoms with E-state index in [1.54, 1.807) is 5.32 Å². The highest BCUT2D eigenvalue weighted by molar-refractivity contribution is 5.97. The van der Waals surface area contributed by atoms with Gasteiger partial charge in [-0.3, -0.25) is 9.59 Å². The average Bonchev–Trinajstić information content (AvgIpc) is 2.67. The minimum absolute atomic E-state index is 0.00979. The molecule has 0 heterocycles. The maximum Gasteiger partial charge on any atom is 0.405 e. The van der Waals surface area contributed by atoms with Crippen molar-refractivity contribution in [2.24, 2.45) is 0 Å². The lowest BCUT2D eigenvalue weighted by Crippen LogP contribution is -2.33. The van der Waals surface area contributed by atoms with Crippen molar-refractivity contribution in [3.05, 3.63) is 53.3 Å². The van der Waals surface area contributed by atoms with E-state index in [0.29, 0.717) is 0 Å². The first-order valence-corrected chi connectivity index (χ1v) is 8.69. The number of hydrogen-bond acceptors (Lipinski definition) is 4. The van der Waals surface area contributed by atoms with Gasteiger partial charge in [0.25, 0.3) is 5.91 Å². The second-order valence-corrected chi connectivity index (χ2v) is 6.20. The zero-order chi connectivity index (χ0) is 23.2. The summed E-state index contributed by atoms with van der Waals surface area (Å²) in [5.41, 5.74) is -0.408. The number of nitrogens with one attached hydrogen (secondary N) is 3. The SMILES string of the molecule is Cc1c(F)cc(C(=O)NCC(F)(F)F)cc1NCC(=O)Nc1ccccc1OC(F)F. The van der Waals surface area contributed by atoms with E-state index in [4.69, 9.17) is 0 Å². The van der Waals surface area contributed by atoms with Gasteiger partial charge in [-0.1, -0.05) is 12.1 Å². The van der Waals surface area contributed by atoms with E-state index in [1.807, 2.05) is 0 Å². The Morgan fingerprint density at radius 2 is 1.77 bits per heavy atom. The molecule has 168 valence electrons. The maximum atomic E-state index is 14.1. The van der Waals surface area contributed by atoms with Crippen LogP contribution in [0.1, 0.15) is 15.9 Å². The number of rotatable bonds is 8. The van der Waals surface area contributed by atoms with E-state index in [1.165, 1.54) is 31.2 Å². The molecule has 0 aliphatic heterocycles. The van der Waals surface area contributed by atoms with Crippen LogP contribution in [-0.2, 0) is 4.79 Å². The van der Waals surface area contributed by atoms with E-state index >= 15 is 0 Å². The predicted octanol–water partition coefficient (Wildman–Crippen LogP) is 4.08. The fraction of sp³-hybridized carbons (Fsp3) is 0.263. The van der Waals surface area contributed by atoms with Crippen LogP contribution in [0.15, 0.2) is 36.4 Å². The Morgan fingerprint density at radius 3 is 2.42 bits per heavy atom. The first kappa shape index (κ1) is 23.8. The van der Waals surface area contributed by atoms with Crippen LogP contribution >= 0.6 is 0 Å². The lowest BCUT2D eigenvalue weighted by molar-refractivity contribution is -0.123. The van der Waals surface area contributed by atoms with Gasteiger partial charge < -0.3 is 20.7 Å². The highest BCUT2D eigenvalue weighted by Gasteiger charge is 2.28. The van der Waals surface area contributed by atoms with Crippen LogP contribution in [0.3, 0.4) is 0 Å². The number of carbonyl (C=O) groups excluding carboxylic acids is 2. The molecular formula is C19H17F6N3O3. The normalized spacial score (nSPS) is 11.2. The molecule has 0 atom stereocenters. The summed E-state index contributed by atoms with van der Waals surface area (Å²) in [6, 6.07) is 7.30. The Hall–Kier alpha value is -3.44. The van der Waals surface area contributed by atoms with Gasteiger partial charge in [-0.15, -0.1) is 0 Å². The van der Waals surface area contributed by atoms with Crippen LogP contribution in [-0.4, -0.2) is 37.7 Å². The summed E-state index contributed by atoms with van der Waals surface area (Å²) in [5, 5.41) is 6.51. The monoisotopic (exact) mass is 449 g/mol. The third kappa shape index (κ3) is 7.39. The largest absolute Gasteiger partial charge is 0.433 e. The molecule has 31 heavy (non-hydrogen) atoms. The summed E-state index contributed by atoms with van der Waals surface area (Å²) in [5.74, 6) is -3.01. The molecule has 0 saturated heterocycles. The van der Waals surface area contributed by atoms with Crippen LogP contribution in [0, 0.1) is 12.7 Å². The van der Waals surface area contributed by atoms with Gasteiger partial charge in [0, 0.05) is 16.8 Å². The summed E-state index contributed by atoms with van der Waals surface area (Å²) in [6.07, 6.45) is -4.64. The molecule has 3 N–H and O–H groups in total. The number of alkyl halides is 5. The molecule has 2 aromatic carbocycles. The van der Waals surface area contributed by atoms with Gasteiger partial charge >= 0.3 is 12.8 Å². The number of anilines is 2. The summed E-state index contributed by atoms with van der Waals surface area (Å²) in [7, 11) is 0. The van der Waals surface area contributed by atoms with Crippen molar-refractivity contribution >= 4 is 23.2 Å². The third-order valence-electron chi connectivity index (χ3n) is 3.87. The Kier molecular flexibility index (Phi) is 7.72. The maximum absolute atomic E-state index is 14.1. The highest BCUT2D eigenvalue weighted by Crippen LogP contribution is 2.26. The molecule has 0 spiro atoms. The molecule has 6 nitrogen and oxygen atoms in total. The van der Waals surface area contributed by atoms with Gasteiger partial charge in [0.2, 0.25) is 5.91 Å². The third-order valence-corrected chi connectivity index (χ3v) is 3.87. The van der Waals surface area contributed by atoms with Gasteiger partial charge in [-0.25, -0.2) is 4.39 Å². The highest BCUT2D eigenvalue weighted by atomic mass is 19.4. The van der Waals surface area contributed by atoms with Crippen LogP contribution in [0.5, 0.6) is 5.75 Å². The van der Waals surface area contributed by atoms with Crippen molar-refractivity contribution in [2.45, 2.75) is 19.7 Å². The molecule has 0 radical (unpaired) electrons. The second kappa shape index (κ2) is 10.0. The zero-order valence-corrected chi connectivity index (χ0v) is 15.9. The fourth-order valence-electron chi connectivity index (χ4n) is 2.41. The minimum atomic E-state index is -4.64. The van der Waals surface area contributed by atoms with E-state index in [9.17, 15) is 35.9 Å². The average molecular weight is 449 g/mol. The van der Waals surface area contributed by atoms with E-state index < -0.39 is 43.5 Å². The topological polar surface area (TPSA) is 79.5 Å². The lowest BCUT2D eigenvalue weighted by Gasteiger charge is -2.14. The number of amides is 2. The van der Waals surface area contributed by atoms with Crippen LogP contribution in [0.4, 0.5) is 37.7 Å². The Balaban J connectivity index is 2.07. The number of benzene rings is 2. The van der Waals surface area contributed by atoms with E-state index in [0.717, 1.165) is 12.1 Å². The zero-order valence-electron chi connectivity index (χ0n) is 15.9. The van der Waals surface area contributed by atoms with E-state index in [-0.39, 0.29) is 28.3 Å². The Morgan fingerprint density at radius 1 is 1.10 bits per heavy atom. The molecule has 0 bridgehead atoms. The predicted molar refractivity (Wildman–Crippen MR) is 99.7 cm³/mol. The Labute approximate surface area is 172 Å². The van der Waals surface area contributed by atoms with Crippen LogP contribution in [0.2, 0.25) is 0 Å². The smallest absolute Gasteiger partial charge is 0.405 e. The number of hydrogen-bond donors (Lipinski definition) is 3. The molecular weight excluding hydrogens is 432 g/mol. The minimum Gasteiger partial charge on any atom is -0.433 e. The fourth-order valence-corrected chi connectivity index (χ4v) is 2.41.